The SMILES string of the molecule is Cn1cnc2cc(C(F)(F)C3CC3)ccc21. The molecule has 0 radical (unpaired) electrons. The Bertz CT molecular complexity index is 541. The van der Waals surface area contributed by atoms with E-state index in [1.165, 1.54) is 12.1 Å². The van der Waals surface area contributed by atoms with Crippen molar-refractivity contribution in [3.8, 4) is 0 Å². The number of hydrogen-bond donors (Lipinski definition) is 0. The third-order valence-electron chi connectivity index (χ3n) is 3.20. The zero-order valence-corrected chi connectivity index (χ0v) is 8.95. The van der Waals surface area contributed by atoms with Gasteiger partial charge in [0, 0.05) is 18.5 Å². The van der Waals surface area contributed by atoms with Gasteiger partial charge in [-0.25, -0.2) is 13.8 Å². The van der Waals surface area contributed by atoms with Crippen molar-refractivity contribution in [2.45, 2.75) is 18.8 Å². The summed E-state index contributed by atoms with van der Waals surface area (Å²) in [7, 11) is 1.86. The lowest BCUT2D eigenvalue weighted by molar-refractivity contribution is -0.0284. The normalized spacial score (nSPS) is 16.9. The molecule has 3 rings (SSSR count). The lowest BCUT2D eigenvalue weighted by atomic mass is 10.0. The fourth-order valence-corrected chi connectivity index (χ4v) is 2.03. The van der Waals surface area contributed by atoms with E-state index < -0.39 is 11.8 Å². The van der Waals surface area contributed by atoms with E-state index in [4.69, 9.17) is 0 Å². The van der Waals surface area contributed by atoms with Crippen LogP contribution >= 0.6 is 0 Å². The van der Waals surface area contributed by atoms with Crippen LogP contribution in [0.5, 0.6) is 0 Å². The first kappa shape index (κ1) is 9.75. The third-order valence-corrected chi connectivity index (χ3v) is 3.20. The van der Waals surface area contributed by atoms with Crippen LogP contribution in [0.25, 0.3) is 11.0 Å². The van der Waals surface area contributed by atoms with E-state index in [0.717, 1.165) is 5.52 Å². The number of aryl methyl sites for hydroxylation is 1. The summed E-state index contributed by atoms with van der Waals surface area (Å²) < 4.78 is 29.5. The molecule has 0 atom stereocenters. The average Bonchev–Trinajstić information content (AvgIpc) is 3.05. The predicted molar refractivity (Wildman–Crippen MR) is 57.3 cm³/mol. The third kappa shape index (κ3) is 1.32. The van der Waals surface area contributed by atoms with Crippen molar-refractivity contribution < 1.29 is 8.78 Å². The first-order chi connectivity index (χ1) is 7.59. The molecule has 0 spiro atoms. The van der Waals surface area contributed by atoms with Crippen LogP contribution < -0.4 is 0 Å². The number of aromatic nitrogens is 2. The molecule has 16 heavy (non-hydrogen) atoms. The largest absolute Gasteiger partial charge is 0.334 e. The Morgan fingerprint density at radius 3 is 2.81 bits per heavy atom. The average molecular weight is 222 g/mol. The van der Waals surface area contributed by atoms with E-state index in [-0.39, 0.29) is 5.56 Å². The van der Waals surface area contributed by atoms with Gasteiger partial charge in [-0.2, -0.15) is 0 Å². The number of alkyl halides is 2. The van der Waals surface area contributed by atoms with Crippen LogP contribution in [0.2, 0.25) is 0 Å². The predicted octanol–water partition coefficient (Wildman–Crippen LogP) is 3.08. The fourth-order valence-electron chi connectivity index (χ4n) is 2.03. The van der Waals surface area contributed by atoms with Crippen LogP contribution in [0.15, 0.2) is 24.5 Å². The highest BCUT2D eigenvalue weighted by molar-refractivity contribution is 5.76. The van der Waals surface area contributed by atoms with E-state index in [2.05, 4.69) is 4.98 Å². The van der Waals surface area contributed by atoms with Crippen LogP contribution in [0, 0.1) is 5.92 Å². The van der Waals surface area contributed by atoms with Crippen molar-refractivity contribution in [1.29, 1.82) is 0 Å². The van der Waals surface area contributed by atoms with Gasteiger partial charge >= 0.3 is 0 Å². The van der Waals surface area contributed by atoms with Crippen LogP contribution in [-0.4, -0.2) is 9.55 Å². The van der Waals surface area contributed by atoms with Crippen molar-refractivity contribution in [3.05, 3.63) is 30.1 Å². The molecule has 84 valence electrons. The van der Waals surface area contributed by atoms with Gasteiger partial charge in [0.1, 0.15) is 0 Å². The van der Waals surface area contributed by atoms with Gasteiger partial charge in [0.15, 0.2) is 0 Å². The Morgan fingerprint density at radius 2 is 2.12 bits per heavy atom. The minimum atomic E-state index is -2.69. The molecular formula is C12H12F2N2. The molecule has 0 unspecified atom stereocenters. The molecule has 1 saturated carbocycles. The van der Waals surface area contributed by atoms with E-state index in [9.17, 15) is 8.78 Å². The number of hydrogen-bond acceptors (Lipinski definition) is 1. The summed E-state index contributed by atoms with van der Waals surface area (Å²) in [6.45, 7) is 0. The first-order valence-corrected chi connectivity index (χ1v) is 5.38. The van der Waals surface area contributed by atoms with Gasteiger partial charge in [0.2, 0.25) is 0 Å². The Kier molecular flexibility index (Phi) is 1.85. The monoisotopic (exact) mass is 222 g/mol. The lowest BCUT2D eigenvalue weighted by Crippen LogP contribution is -2.15. The van der Waals surface area contributed by atoms with Crippen LogP contribution in [0.4, 0.5) is 8.78 Å². The van der Waals surface area contributed by atoms with E-state index in [0.29, 0.717) is 18.4 Å². The Balaban J connectivity index is 2.11. The Hall–Kier alpha value is -1.45. The molecule has 2 aromatic rings. The van der Waals surface area contributed by atoms with Crippen molar-refractivity contribution in [2.24, 2.45) is 13.0 Å². The first-order valence-electron chi connectivity index (χ1n) is 5.38. The van der Waals surface area contributed by atoms with Crippen LogP contribution in [0.1, 0.15) is 18.4 Å². The van der Waals surface area contributed by atoms with Gasteiger partial charge in [0.25, 0.3) is 5.92 Å². The van der Waals surface area contributed by atoms with Crippen molar-refractivity contribution in [3.63, 3.8) is 0 Å². The summed E-state index contributed by atoms with van der Waals surface area (Å²) >= 11 is 0. The van der Waals surface area contributed by atoms with Gasteiger partial charge in [-0.05, 0) is 25.0 Å². The minimum Gasteiger partial charge on any atom is -0.334 e. The van der Waals surface area contributed by atoms with E-state index in [1.54, 1.807) is 12.4 Å². The number of imidazole rings is 1. The highest BCUT2D eigenvalue weighted by Crippen LogP contribution is 2.49. The molecular weight excluding hydrogens is 210 g/mol. The number of halogens is 2. The Morgan fingerprint density at radius 1 is 1.38 bits per heavy atom. The molecule has 4 heteroatoms. The van der Waals surface area contributed by atoms with Crippen molar-refractivity contribution >= 4 is 11.0 Å². The number of fused-ring (bicyclic) bond motifs is 1. The zero-order valence-electron chi connectivity index (χ0n) is 8.95. The van der Waals surface area contributed by atoms with Gasteiger partial charge in [-0.1, -0.05) is 6.07 Å². The van der Waals surface area contributed by atoms with E-state index >= 15 is 0 Å². The molecule has 1 aromatic heterocycles. The standard InChI is InChI=1S/C12H12F2N2/c1-16-7-15-10-6-9(4-5-11(10)16)12(13,14)8-2-3-8/h4-8H,2-3H2,1H3. The molecule has 0 saturated heterocycles. The van der Waals surface area contributed by atoms with Crippen molar-refractivity contribution in [2.75, 3.05) is 0 Å². The highest BCUT2D eigenvalue weighted by atomic mass is 19.3. The summed E-state index contributed by atoms with van der Waals surface area (Å²) in [4.78, 5) is 4.10. The van der Waals surface area contributed by atoms with Gasteiger partial charge in [-0.3, -0.25) is 0 Å². The molecule has 0 N–H and O–H groups in total. The maximum Gasteiger partial charge on any atom is 0.276 e. The Labute approximate surface area is 91.9 Å². The summed E-state index contributed by atoms with van der Waals surface area (Å²) in [5.74, 6) is -3.15. The van der Waals surface area contributed by atoms with Gasteiger partial charge in [0.05, 0.1) is 17.4 Å². The molecule has 1 heterocycles. The maximum absolute atomic E-state index is 13.8. The quantitative estimate of drug-likeness (QED) is 0.763. The van der Waals surface area contributed by atoms with Crippen molar-refractivity contribution in [1.82, 2.24) is 9.55 Å². The maximum atomic E-state index is 13.8. The topological polar surface area (TPSA) is 17.8 Å². The molecule has 1 fully saturated rings. The molecule has 0 amide bonds. The fraction of sp³-hybridized carbons (Fsp3) is 0.417. The van der Waals surface area contributed by atoms with Crippen LogP contribution in [-0.2, 0) is 13.0 Å². The number of benzene rings is 1. The van der Waals surface area contributed by atoms with E-state index in [1.807, 2.05) is 11.6 Å². The second-order valence-electron chi connectivity index (χ2n) is 4.46. The molecule has 1 aliphatic rings. The number of rotatable bonds is 2. The minimum absolute atomic E-state index is 0.0983. The summed E-state index contributed by atoms with van der Waals surface area (Å²) in [5.41, 5.74) is 1.62. The second-order valence-corrected chi connectivity index (χ2v) is 4.46. The molecule has 1 aliphatic carbocycles. The molecule has 1 aromatic carbocycles. The molecule has 2 nitrogen and oxygen atoms in total. The molecule has 0 bridgehead atoms. The highest BCUT2D eigenvalue weighted by Gasteiger charge is 2.47. The number of nitrogens with zero attached hydrogens (tertiary/aromatic N) is 2. The van der Waals surface area contributed by atoms with Gasteiger partial charge < -0.3 is 4.57 Å². The molecule has 0 aliphatic heterocycles. The smallest absolute Gasteiger partial charge is 0.276 e. The summed E-state index contributed by atoms with van der Waals surface area (Å²) in [6, 6.07) is 4.74. The zero-order chi connectivity index (χ0) is 11.3. The lowest BCUT2D eigenvalue weighted by Gasteiger charge is -2.15. The second kappa shape index (κ2) is 3.03. The summed E-state index contributed by atoms with van der Waals surface area (Å²) in [5, 5.41) is 0. The van der Waals surface area contributed by atoms with Gasteiger partial charge in [-0.15, -0.1) is 0 Å². The summed E-state index contributed by atoms with van der Waals surface area (Å²) in [6.07, 6.45) is 2.91. The van der Waals surface area contributed by atoms with Crippen LogP contribution in [0.3, 0.4) is 0 Å².